The lowest BCUT2D eigenvalue weighted by Crippen LogP contribution is -2.68. The minimum absolute atomic E-state index is 0.0109. The highest BCUT2D eigenvalue weighted by atomic mass is 35.5. The van der Waals surface area contributed by atoms with Crippen molar-refractivity contribution >= 4 is 40.5 Å². The number of oxazole rings is 1. The number of amides is 1. The molecular formula is C50H52ClFN10O4S. The van der Waals surface area contributed by atoms with Gasteiger partial charge in [-0.3, -0.25) is 14.4 Å². The molecule has 6 heterocycles. The zero-order valence-corrected chi connectivity index (χ0v) is 40.1. The summed E-state index contributed by atoms with van der Waals surface area (Å²) >= 11 is 7.89. The average Bonchev–Trinajstić information content (AvgIpc) is 4.00. The molecule has 2 saturated carbocycles. The Morgan fingerprint density at radius 1 is 1.00 bits per heavy atom. The summed E-state index contributed by atoms with van der Waals surface area (Å²) in [5, 5.41) is 22.6. The molecular weight excluding hydrogens is 891 g/mol. The highest BCUT2D eigenvalue weighted by Crippen LogP contribution is 2.60. The molecule has 4 aromatic heterocycles. The number of fused-ring (bicyclic) bond motifs is 3. The summed E-state index contributed by atoms with van der Waals surface area (Å²) in [6.07, 6.45) is 10.3. The van der Waals surface area contributed by atoms with Crippen LogP contribution in [0.25, 0.3) is 5.00 Å². The maximum absolute atomic E-state index is 16.4. The van der Waals surface area contributed by atoms with Crippen LogP contribution >= 0.6 is 22.9 Å². The molecule has 14 nitrogen and oxygen atoms in total. The maximum atomic E-state index is 16.4. The van der Waals surface area contributed by atoms with Crippen molar-refractivity contribution in [2.24, 2.45) is 27.2 Å². The molecule has 67 heavy (non-hydrogen) atoms. The van der Waals surface area contributed by atoms with E-state index < -0.39 is 11.9 Å². The number of hydrogen-bond donors (Lipinski definition) is 1. The van der Waals surface area contributed by atoms with Gasteiger partial charge in [-0.05, 0) is 87.6 Å². The average molecular weight is 944 g/mol. The fourth-order valence-corrected chi connectivity index (χ4v) is 12.7. The third kappa shape index (κ3) is 7.93. The molecule has 1 atom stereocenters. The second-order valence-corrected chi connectivity index (χ2v) is 21.3. The lowest BCUT2D eigenvalue weighted by Gasteiger charge is -2.63. The Labute approximate surface area is 397 Å². The summed E-state index contributed by atoms with van der Waals surface area (Å²) in [6.45, 7) is 16.7. The summed E-state index contributed by atoms with van der Waals surface area (Å²) < 4.78 is 36.8. The van der Waals surface area contributed by atoms with E-state index in [1.165, 1.54) is 12.3 Å². The molecule has 2 aliphatic heterocycles. The van der Waals surface area contributed by atoms with Crippen molar-refractivity contribution in [1.29, 1.82) is 5.26 Å². The van der Waals surface area contributed by atoms with E-state index in [2.05, 4.69) is 83.0 Å². The number of anilines is 1. The predicted octanol–water partition coefficient (Wildman–Crippen LogP) is 9.52. The van der Waals surface area contributed by atoms with E-state index in [0.29, 0.717) is 69.6 Å². The van der Waals surface area contributed by atoms with Crippen LogP contribution in [-0.2, 0) is 6.42 Å². The molecule has 346 valence electrons. The van der Waals surface area contributed by atoms with Crippen molar-refractivity contribution in [3.63, 3.8) is 0 Å². The number of carbonyl (C=O) groups is 1. The van der Waals surface area contributed by atoms with Gasteiger partial charge in [-0.25, -0.2) is 19.3 Å². The highest BCUT2D eigenvalue weighted by molar-refractivity contribution is 7.15. The van der Waals surface area contributed by atoms with Crippen LogP contribution in [0, 0.1) is 60.1 Å². The van der Waals surface area contributed by atoms with E-state index in [0.717, 1.165) is 65.6 Å². The zero-order valence-electron chi connectivity index (χ0n) is 38.6. The molecule has 2 aromatic carbocycles. The highest BCUT2D eigenvalue weighted by Gasteiger charge is 2.63. The molecule has 10 rings (SSSR count). The monoisotopic (exact) mass is 942 g/mol. The van der Waals surface area contributed by atoms with E-state index in [4.69, 9.17) is 30.5 Å². The molecule has 1 N–H and O–H groups in total. The number of carbonyl (C=O) groups excluding carboxylic acids is 1. The number of nitriles is 1. The van der Waals surface area contributed by atoms with Gasteiger partial charge in [-0.15, -0.1) is 21.5 Å². The van der Waals surface area contributed by atoms with Crippen molar-refractivity contribution < 1.29 is 23.1 Å². The number of ether oxygens (including phenoxy) is 2. The van der Waals surface area contributed by atoms with E-state index in [-0.39, 0.29) is 40.3 Å². The first-order valence-electron chi connectivity index (χ1n) is 22.7. The van der Waals surface area contributed by atoms with Crippen molar-refractivity contribution in [2.75, 3.05) is 24.5 Å². The van der Waals surface area contributed by atoms with Gasteiger partial charge in [0.05, 0.1) is 40.6 Å². The van der Waals surface area contributed by atoms with Crippen LogP contribution in [0.1, 0.15) is 114 Å². The number of piperidine rings is 1. The molecule has 3 fully saturated rings. The standard InChI is InChI=1S/C50H52ClFN10O4S/c1-27-28(2)67-45-41(27)42(58-38(20-40-54-14-17-64-40)43-60-59-29(3)62(43)45)35-11-10-33(19-37(35)52)65-34-21-50(22-34)12-15-61(16-13-50)47-56-24-31(25-57-47)44(63)55-26-39-48(4,5)46(49(39,6)7)66-32-9-8-30(23-53)36(51)18-32/h8-11,14,17-19,24-25,34,38-39,46H,12-13,15-16,20-22,26H2,1-7H3,(H,55,63). The summed E-state index contributed by atoms with van der Waals surface area (Å²) in [6, 6.07) is 11.8. The second kappa shape index (κ2) is 16.9. The number of aryl methyl sites for hydroxylation is 2. The van der Waals surface area contributed by atoms with Crippen molar-refractivity contribution in [3.05, 3.63) is 122 Å². The normalized spacial score (nSPS) is 21.2. The van der Waals surface area contributed by atoms with Crippen molar-refractivity contribution in [2.45, 2.75) is 98.8 Å². The fourth-order valence-electron chi connectivity index (χ4n) is 11.3. The van der Waals surface area contributed by atoms with Gasteiger partial charge in [0.25, 0.3) is 5.91 Å². The predicted molar refractivity (Wildman–Crippen MR) is 252 cm³/mol. The van der Waals surface area contributed by atoms with E-state index in [1.807, 2.05) is 17.6 Å². The topological polar surface area (TPSA) is 169 Å². The number of rotatable bonds is 11. The number of benzene rings is 2. The van der Waals surface area contributed by atoms with Crippen molar-refractivity contribution in [3.8, 4) is 22.6 Å². The van der Waals surface area contributed by atoms with E-state index >= 15 is 4.39 Å². The Balaban J connectivity index is 0.732. The minimum atomic E-state index is -0.496. The number of halogens is 2. The Morgan fingerprint density at radius 3 is 2.39 bits per heavy atom. The molecule has 0 radical (unpaired) electrons. The number of thiophene rings is 1. The van der Waals surface area contributed by atoms with Crippen LogP contribution in [0.15, 0.2) is 70.7 Å². The van der Waals surface area contributed by atoms with E-state index in [1.54, 1.807) is 54.2 Å². The van der Waals surface area contributed by atoms with Gasteiger partial charge in [0.1, 0.15) is 52.6 Å². The largest absolute Gasteiger partial charge is 0.490 e. The Hall–Kier alpha value is -6.18. The van der Waals surface area contributed by atoms with Gasteiger partial charge in [-0.1, -0.05) is 39.3 Å². The Kier molecular flexibility index (Phi) is 11.2. The fraction of sp³-hybridized carbons (Fsp3) is 0.440. The van der Waals surface area contributed by atoms with Crippen LogP contribution in [0.2, 0.25) is 5.02 Å². The molecule has 17 heteroatoms. The van der Waals surface area contributed by atoms with Crippen LogP contribution < -0.4 is 19.7 Å². The summed E-state index contributed by atoms with van der Waals surface area (Å²) in [7, 11) is 0. The summed E-state index contributed by atoms with van der Waals surface area (Å²) in [4.78, 5) is 35.3. The van der Waals surface area contributed by atoms with Crippen LogP contribution in [0.5, 0.6) is 11.5 Å². The maximum Gasteiger partial charge on any atom is 0.254 e. The molecule has 0 bridgehead atoms. The number of nitrogens with one attached hydrogen (secondary N) is 1. The number of nitrogens with zero attached hydrogens (tertiary/aromatic N) is 9. The van der Waals surface area contributed by atoms with Crippen molar-refractivity contribution in [1.82, 2.24) is 35.0 Å². The zero-order chi connectivity index (χ0) is 47.0. The molecule has 2 aliphatic carbocycles. The summed E-state index contributed by atoms with van der Waals surface area (Å²) in [5.41, 5.74) is 3.34. The molecule has 4 aliphatic rings. The van der Waals surface area contributed by atoms with Crippen LogP contribution in [-0.4, -0.2) is 73.2 Å². The smallest absolute Gasteiger partial charge is 0.254 e. The lowest BCUT2D eigenvalue weighted by molar-refractivity contribution is -0.195. The first-order chi connectivity index (χ1) is 32.0. The first-order valence-corrected chi connectivity index (χ1v) is 23.9. The van der Waals surface area contributed by atoms with E-state index in [9.17, 15) is 10.1 Å². The minimum Gasteiger partial charge on any atom is -0.490 e. The molecule has 1 spiro atoms. The second-order valence-electron chi connectivity index (χ2n) is 19.7. The molecule has 1 amide bonds. The summed E-state index contributed by atoms with van der Waals surface area (Å²) in [5.74, 6) is 3.14. The van der Waals surface area contributed by atoms with Gasteiger partial charge in [0, 0.05) is 71.0 Å². The molecule has 1 saturated heterocycles. The van der Waals surface area contributed by atoms with Gasteiger partial charge >= 0.3 is 0 Å². The first kappa shape index (κ1) is 44.6. The molecule has 1 unspecified atom stereocenters. The van der Waals surface area contributed by atoms with Gasteiger partial charge in [0.15, 0.2) is 11.7 Å². The SMILES string of the molecule is Cc1sc2c(c1C)C(c1ccc(OC3CC4(CCN(c5ncc(C(=O)NCC6C(C)(C)C(Oc7ccc(C#N)c(Cl)c7)C6(C)C)cn5)CC4)C3)cc1F)=NC(Cc1ncco1)c1nnc(C)n1-2. The number of aliphatic imine (C=N–C) groups is 1. The third-order valence-electron chi connectivity index (χ3n) is 14.8. The third-order valence-corrected chi connectivity index (χ3v) is 16.4. The number of aromatic nitrogens is 6. The quantitative estimate of drug-likeness (QED) is 0.131. The number of hydrogen-bond acceptors (Lipinski definition) is 13. The van der Waals surface area contributed by atoms with Gasteiger partial charge < -0.3 is 24.1 Å². The Morgan fingerprint density at radius 2 is 1.72 bits per heavy atom. The molecule has 6 aromatic rings. The van der Waals surface area contributed by atoms with Crippen LogP contribution in [0.3, 0.4) is 0 Å². The Bertz CT molecular complexity index is 2930. The van der Waals surface area contributed by atoms with Gasteiger partial charge in [0.2, 0.25) is 5.95 Å². The lowest BCUT2D eigenvalue weighted by atomic mass is 9.45. The van der Waals surface area contributed by atoms with Gasteiger partial charge in [-0.2, -0.15) is 5.26 Å². The van der Waals surface area contributed by atoms with Crippen LogP contribution in [0.4, 0.5) is 10.3 Å².